The van der Waals surface area contributed by atoms with Crippen LogP contribution >= 0.6 is 0 Å². The number of amides is 1. The Kier molecular flexibility index (Phi) is 5.30. The summed E-state index contributed by atoms with van der Waals surface area (Å²) in [4.78, 5) is 30.4. The molecule has 2 N–H and O–H groups in total. The second kappa shape index (κ2) is 8.29. The SMILES string of the molecule is C[C@H](c1cccc(C(=O)NC2CC(O)C2)c1)n1cnc2cc(-c3ccnn3C)ccc2c1=O. The summed E-state index contributed by atoms with van der Waals surface area (Å²) in [5.41, 5.74) is 3.75. The number of hydrogen-bond donors (Lipinski definition) is 2. The zero-order chi connectivity index (χ0) is 23.1. The second-order valence-corrected chi connectivity index (χ2v) is 8.63. The molecule has 8 heteroatoms. The van der Waals surface area contributed by atoms with Crippen molar-refractivity contribution in [1.82, 2.24) is 24.6 Å². The summed E-state index contributed by atoms with van der Waals surface area (Å²) >= 11 is 0. The number of aliphatic hydroxyl groups excluding tert-OH is 1. The van der Waals surface area contributed by atoms with Crippen molar-refractivity contribution >= 4 is 16.8 Å². The van der Waals surface area contributed by atoms with E-state index in [1.807, 2.05) is 44.3 Å². The van der Waals surface area contributed by atoms with Crippen LogP contribution in [0, 0.1) is 0 Å². The molecule has 0 spiro atoms. The number of fused-ring (bicyclic) bond motifs is 1. The molecule has 1 fully saturated rings. The van der Waals surface area contributed by atoms with Gasteiger partial charge in [-0.15, -0.1) is 0 Å². The average Bonchev–Trinajstić information content (AvgIpc) is 3.23. The molecule has 1 aliphatic carbocycles. The fourth-order valence-electron chi connectivity index (χ4n) is 4.30. The summed E-state index contributed by atoms with van der Waals surface area (Å²) in [5, 5.41) is 17.1. The van der Waals surface area contributed by atoms with Crippen LogP contribution in [0.5, 0.6) is 0 Å². The lowest BCUT2D eigenvalue weighted by atomic mass is 9.89. The van der Waals surface area contributed by atoms with Gasteiger partial charge in [0.25, 0.3) is 11.5 Å². The Labute approximate surface area is 190 Å². The molecule has 0 saturated heterocycles. The van der Waals surface area contributed by atoms with Crippen LogP contribution in [0.3, 0.4) is 0 Å². The fraction of sp³-hybridized carbons (Fsp3) is 0.280. The Bertz CT molecular complexity index is 1400. The molecule has 168 valence electrons. The molecule has 0 aliphatic heterocycles. The summed E-state index contributed by atoms with van der Waals surface area (Å²) in [6.07, 6.45) is 4.14. The predicted molar refractivity (Wildman–Crippen MR) is 125 cm³/mol. The van der Waals surface area contributed by atoms with Gasteiger partial charge in [0.1, 0.15) is 0 Å². The Morgan fingerprint density at radius 1 is 1.18 bits per heavy atom. The van der Waals surface area contributed by atoms with Crippen LogP contribution in [0.4, 0.5) is 0 Å². The molecular formula is C25H25N5O3. The molecule has 1 saturated carbocycles. The molecule has 1 atom stereocenters. The van der Waals surface area contributed by atoms with Gasteiger partial charge in [0.2, 0.25) is 0 Å². The van der Waals surface area contributed by atoms with E-state index in [9.17, 15) is 14.7 Å². The van der Waals surface area contributed by atoms with Gasteiger partial charge in [-0.25, -0.2) is 4.98 Å². The van der Waals surface area contributed by atoms with Crippen molar-refractivity contribution in [2.45, 2.75) is 38.0 Å². The second-order valence-electron chi connectivity index (χ2n) is 8.63. The Balaban J connectivity index is 1.43. The first-order chi connectivity index (χ1) is 15.9. The molecule has 0 bridgehead atoms. The number of benzene rings is 2. The molecule has 0 radical (unpaired) electrons. The lowest BCUT2D eigenvalue weighted by Gasteiger charge is -2.32. The molecule has 2 aromatic heterocycles. The van der Waals surface area contributed by atoms with Crippen molar-refractivity contribution in [3.05, 3.63) is 82.5 Å². The first-order valence-corrected chi connectivity index (χ1v) is 11.0. The van der Waals surface area contributed by atoms with Gasteiger partial charge in [0, 0.05) is 30.4 Å². The molecule has 8 nitrogen and oxygen atoms in total. The normalized spacial score (nSPS) is 18.6. The number of carbonyl (C=O) groups excluding carboxylic acids is 1. The van der Waals surface area contributed by atoms with E-state index in [1.165, 1.54) is 0 Å². The van der Waals surface area contributed by atoms with Gasteiger partial charge in [-0.1, -0.05) is 18.2 Å². The van der Waals surface area contributed by atoms with E-state index < -0.39 is 0 Å². The maximum Gasteiger partial charge on any atom is 0.261 e. The third-order valence-corrected chi connectivity index (χ3v) is 6.40. The number of aromatic nitrogens is 4. The van der Waals surface area contributed by atoms with E-state index in [1.54, 1.807) is 40.0 Å². The molecule has 2 aromatic carbocycles. The van der Waals surface area contributed by atoms with Gasteiger partial charge >= 0.3 is 0 Å². The van der Waals surface area contributed by atoms with Gasteiger partial charge < -0.3 is 10.4 Å². The molecule has 1 aliphatic rings. The lowest BCUT2D eigenvalue weighted by molar-refractivity contribution is 0.0562. The van der Waals surface area contributed by atoms with Crippen molar-refractivity contribution in [3.63, 3.8) is 0 Å². The number of aliphatic hydroxyl groups is 1. The zero-order valence-electron chi connectivity index (χ0n) is 18.5. The molecule has 5 rings (SSSR count). The number of hydrogen-bond acceptors (Lipinski definition) is 5. The van der Waals surface area contributed by atoms with Crippen LogP contribution in [0.25, 0.3) is 22.2 Å². The Morgan fingerprint density at radius 2 is 2.00 bits per heavy atom. The van der Waals surface area contributed by atoms with Gasteiger partial charge in [-0.2, -0.15) is 5.10 Å². The molecular weight excluding hydrogens is 418 g/mol. The highest BCUT2D eigenvalue weighted by atomic mass is 16.3. The lowest BCUT2D eigenvalue weighted by Crippen LogP contribution is -2.46. The third-order valence-electron chi connectivity index (χ3n) is 6.40. The van der Waals surface area contributed by atoms with Crippen LogP contribution in [-0.4, -0.2) is 42.5 Å². The number of nitrogens with one attached hydrogen (secondary N) is 1. The van der Waals surface area contributed by atoms with Gasteiger partial charge in [-0.3, -0.25) is 18.8 Å². The first kappa shape index (κ1) is 21.1. The number of nitrogens with zero attached hydrogens (tertiary/aromatic N) is 4. The molecule has 1 amide bonds. The van der Waals surface area contributed by atoms with Gasteiger partial charge in [0.15, 0.2) is 0 Å². The number of carbonyl (C=O) groups is 1. The van der Waals surface area contributed by atoms with E-state index in [2.05, 4.69) is 15.4 Å². The predicted octanol–water partition coefficient (Wildman–Crippen LogP) is 2.66. The van der Waals surface area contributed by atoms with Crippen LogP contribution < -0.4 is 10.9 Å². The highest BCUT2D eigenvalue weighted by Crippen LogP contribution is 2.24. The highest BCUT2D eigenvalue weighted by Gasteiger charge is 2.28. The summed E-state index contributed by atoms with van der Waals surface area (Å²) < 4.78 is 3.37. The standard InChI is InChI=1S/C25H25N5O3/c1-15(16-4-3-5-18(10-16)24(32)28-19-12-20(31)13-19)30-14-26-22-11-17(6-7-21(22)25(30)33)23-8-9-27-29(23)2/h3-11,14-15,19-20,31H,12-13H2,1-2H3,(H,28,32)/t15-,19?,20?/m1/s1. The minimum absolute atomic E-state index is 0.0112. The van der Waals surface area contributed by atoms with E-state index in [0.717, 1.165) is 16.8 Å². The molecule has 4 aromatic rings. The Hall–Kier alpha value is -3.78. The van der Waals surface area contributed by atoms with Crippen molar-refractivity contribution in [3.8, 4) is 11.3 Å². The maximum absolute atomic E-state index is 13.3. The van der Waals surface area contributed by atoms with E-state index in [4.69, 9.17) is 0 Å². The van der Waals surface area contributed by atoms with E-state index >= 15 is 0 Å². The minimum atomic E-state index is -0.325. The molecule has 33 heavy (non-hydrogen) atoms. The van der Waals surface area contributed by atoms with Crippen molar-refractivity contribution in [1.29, 1.82) is 0 Å². The van der Waals surface area contributed by atoms with Gasteiger partial charge in [-0.05, 0) is 55.7 Å². The van der Waals surface area contributed by atoms with Crippen LogP contribution in [0.2, 0.25) is 0 Å². The molecule has 0 unspecified atom stereocenters. The van der Waals surface area contributed by atoms with Crippen molar-refractivity contribution in [2.24, 2.45) is 7.05 Å². The van der Waals surface area contributed by atoms with Crippen LogP contribution in [-0.2, 0) is 7.05 Å². The summed E-state index contributed by atoms with van der Waals surface area (Å²) in [6, 6.07) is 14.5. The largest absolute Gasteiger partial charge is 0.393 e. The van der Waals surface area contributed by atoms with Crippen LogP contribution in [0.15, 0.2) is 65.8 Å². The highest BCUT2D eigenvalue weighted by molar-refractivity contribution is 5.94. The minimum Gasteiger partial charge on any atom is -0.393 e. The average molecular weight is 444 g/mol. The van der Waals surface area contributed by atoms with Crippen molar-refractivity contribution < 1.29 is 9.90 Å². The fourth-order valence-corrected chi connectivity index (χ4v) is 4.30. The third kappa shape index (κ3) is 3.93. The monoisotopic (exact) mass is 443 g/mol. The number of rotatable bonds is 5. The summed E-state index contributed by atoms with van der Waals surface area (Å²) in [7, 11) is 1.87. The van der Waals surface area contributed by atoms with E-state index in [-0.39, 0.29) is 29.7 Å². The quantitative estimate of drug-likeness (QED) is 0.494. The van der Waals surface area contributed by atoms with Crippen molar-refractivity contribution in [2.75, 3.05) is 0 Å². The van der Waals surface area contributed by atoms with E-state index in [0.29, 0.717) is 29.3 Å². The smallest absolute Gasteiger partial charge is 0.261 e. The Morgan fingerprint density at radius 3 is 2.73 bits per heavy atom. The van der Waals surface area contributed by atoms with Crippen LogP contribution in [0.1, 0.15) is 41.7 Å². The maximum atomic E-state index is 13.3. The zero-order valence-corrected chi connectivity index (χ0v) is 18.5. The summed E-state index contributed by atoms with van der Waals surface area (Å²) in [5.74, 6) is -0.173. The molecule has 2 heterocycles. The summed E-state index contributed by atoms with van der Waals surface area (Å²) in [6.45, 7) is 1.91. The first-order valence-electron chi connectivity index (χ1n) is 11.0. The van der Waals surface area contributed by atoms with Gasteiger partial charge in [0.05, 0.1) is 35.1 Å². The number of aryl methyl sites for hydroxylation is 1. The topological polar surface area (TPSA) is 102 Å².